The number of rotatable bonds is 2. The molecule has 0 amide bonds. The highest BCUT2D eigenvalue weighted by atomic mass is 32.1. The van der Waals surface area contributed by atoms with Gasteiger partial charge in [-0.2, -0.15) is 0 Å². The molecule has 4 heteroatoms. The largest absolute Gasteiger partial charge is 0.487 e. The van der Waals surface area contributed by atoms with Crippen LogP contribution in [0, 0.1) is 0 Å². The van der Waals surface area contributed by atoms with Gasteiger partial charge >= 0.3 is 0 Å². The quantitative estimate of drug-likeness (QED) is 0.736. The number of pyridine rings is 1. The molecule has 0 N–H and O–H groups in total. The second-order valence-corrected chi connectivity index (χ2v) is 3.55. The number of hydrogen-bond acceptors (Lipinski definition) is 4. The third-order valence-electron chi connectivity index (χ3n) is 1.74. The van der Waals surface area contributed by atoms with Gasteiger partial charge in [-0.1, -0.05) is 11.3 Å². The van der Waals surface area contributed by atoms with Crippen LogP contribution in [0.3, 0.4) is 0 Å². The zero-order valence-corrected chi connectivity index (χ0v) is 8.22. The van der Waals surface area contributed by atoms with Gasteiger partial charge < -0.3 is 9.47 Å². The first-order valence-electron chi connectivity index (χ1n) is 3.82. The average Bonchev–Trinajstić information content (AvgIpc) is 2.58. The van der Waals surface area contributed by atoms with Crippen LogP contribution in [0.1, 0.15) is 0 Å². The fraction of sp³-hybridized carbons (Fsp3) is 0.222. The fourth-order valence-electron chi connectivity index (χ4n) is 1.10. The minimum atomic E-state index is 0.632. The molecule has 0 saturated heterocycles. The number of nitrogens with zero attached hydrogens (tertiary/aromatic N) is 1. The summed E-state index contributed by atoms with van der Waals surface area (Å²) in [7, 11) is 3.26. The van der Waals surface area contributed by atoms with Crippen molar-refractivity contribution in [3.05, 3.63) is 18.2 Å². The Morgan fingerprint density at radius 3 is 2.77 bits per heavy atom. The molecule has 0 aromatic carbocycles. The van der Waals surface area contributed by atoms with E-state index in [4.69, 9.17) is 9.47 Å². The molecule has 2 aromatic rings. The maximum Gasteiger partial charge on any atom is 0.213 e. The summed E-state index contributed by atoms with van der Waals surface area (Å²) in [5, 5.41) is 0.871. The highest BCUT2D eigenvalue weighted by molar-refractivity contribution is 7.20. The summed E-state index contributed by atoms with van der Waals surface area (Å²) in [4.78, 5) is 4.27. The Labute approximate surface area is 79.9 Å². The van der Waals surface area contributed by atoms with E-state index in [-0.39, 0.29) is 0 Å². The van der Waals surface area contributed by atoms with Crippen molar-refractivity contribution >= 4 is 21.6 Å². The van der Waals surface area contributed by atoms with Crippen molar-refractivity contribution in [2.45, 2.75) is 0 Å². The third-order valence-corrected chi connectivity index (χ3v) is 2.79. The zero-order chi connectivity index (χ0) is 9.26. The van der Waals surface area contributed by atoms with E-state index < -0.39 is 0 Å². The van der Waals surface area contributed by atoms with Crippen LogP contribution in [-0.4, -0.2) is 19.2 Å². The maximum absolute atomic E-state index is 5.11. The third kappa shape index (κ3) is 1.45. The molecule has 2 heterocycles. The van der Waals surface area contributed by atoms with Crippen molar-refractivity contribution in [2.24, 2.45) is 0 Å². The van der Waals surface area contributed by atoms with Crippen molar-refractivity contribution in [2.75, 3.05) is 14.2 Å². The highest BCUT2D eigenvalue weighted by Gasteiger charge is 2.03. The monoisotopic (exact) mass is 195 g/mol. The molecule has 0 atom stereocenters. The summed E-state index contributed by atoms with van der Waals surface area (Å²) in [6.07, 6.45) is 0. The van der Waals surface area contributed by atoms with Gasteiger partial charge in [0, 0.05) is 12.1 Å². The summed E-state index contributed by atoms with van der Waals surface area (Å²) in [6.45, 7) is 0. The van der Waals surface area contributed by atoms with E-state index in [0.29, 0.717) is 5.88 Å². The van der Waals surface area contributed by atoms with E-state index >= 15 is 0 Å². The van der Waals surface area contributed by atoms with Crippen molar-refractivity contribution in [1.82, 2.24) is 4.98 Å². The first kappa shape index (κ1) is 8.31. The molecular weight excluding hydrogens is 186 g/mol. The number of ether oxygens (including phenoxy) is 2. The number of fused-ring (bicyclic) bond motifs is 1. The Hall–Kier alpha value is -1.29. The van der Waals surface area contributed by atoms with Crippen LogP contribution < -0.4 is 9.47 Å². The van der Waals surface area contributed by atoms with Crippen LogP contribution in [0.15, 0.2) is 18.2 Å². The van der Waals surface area contributed by atoms with E-state index in [0.717, 1.165) is 15.3 Å². The number of hydrogen-bond donors (Lipinski definition) is 0. The van der Waals surface area contributed by atoms with E-state index in [1.165, 1.54) is 0 Å². The molecule has 0 aliphatic rings. The Bertz CT molecular complexity index is 422. The average molecular weight is 195 g/mol. The lowest BCUT2D eigenvalue weighted by atomic mass is 10.4. The summed E-state index contributed by atoms with van der Waals surface area (Å²) in [5.41, 5.74) is 0.918. The van der Waals surface area contributed by atoms with Gasteiger partial charge in [0.1, 0.15) is 0 Å². The predicted molar refractivity (Wildman–Crippen MR) is 52.7 cm³/mol. The van der Waals surface area contributed by atoms with Crippen molar-refractivity contribution < 1.29 is 9.47 Å². The van der Waals surface area contributed by atoms with Gasteiger partial charge in [-0.15, -0.1) is 0 Å². The van der Waals surface area contributed by atoms with E-state index in [2.05, 4.69) is 4.98 Å². The van der Waals surface area contributed by atoms with Crippen LogP contribution in [0.25, 0.3) is 10.2 Å². The molecule has 2 rings (SSSR count). The first-order valence-corrected chi connectivity index (χ1v) is 4.63. The Balaban J connectivity index is 2.57. The topological polar surface area (TPSA) is 31.4 Å². The fourth-order valence-corrected chi connectivity index (χ4v) is 1.91. The molecular formula is C9H9NO2S. The van der Waals surface area contributed by atoms with Gasteiger partial charge in [-0.25, -0.2) is 4.98 Å². The highest BCUT2D eigenvalue weighted by Crippen LogP contribution is 2.31. The molecule has 0 bridgehead atoms. The molecule has 68 valence electrons. The lowest BCUT2D eigenvalue weighted by Crippen LogP contribution is -1.85. The summed E-state index contributed by atoms with van der Waals surface area (Å²) in [6, 6.07) is 5.73. The number of aromatic nitrogens is 1. The molecule has 0 spiro atoms. The summed E-state index contributed by atoms with van der Waals surface area (Å²) in [5.74, 6) is 0.632. The summed E-state index contributed by atoms with van der Waals surface area (Å²) >= 11 is 1.58. The zero-order valence-electron chi connectivity index (χ0n) is 7.40. The molecule has 0 saturated carbocycles. The maximum atomic E-state index is 5.11. The molecule has 13 heavy (non-hydrogen) atoms. The van der Waals surface area contributed by atoms with E-state index in [9.17, 15) is 0 Å². The van der Waals surface area contributed by atoms with Crippen LogP contribution >= 0.6 is 11.3 Å². The number of thiophene rings is 1. The van der Waals surface area contributed by atoms with Crippen LogP contribution in [-0.2, 0) is 0 Å². The first-order chi connectivity index (χ1) is 6.33. The second kappa shape index (κ2) is 3.22. The van der Waals surface area contributed by atoms with Gasteiger partial charge in [0.25, 0.3) is 0 Å². The van der Waals surface area contributed by atoms with Gasteiger partial charge in [0.15, 0.2) is 5.06 Å². The van der Waals surface area contributed by atoms with Crippen LogP contribution in [0.4, 0.5) is 0 Å². The smallest absolute Gasteiger partial charge is 0.213 e. The molecule has 0 fully saturated rings. The Morgan fingerprint density at radius 1 is 1.23 bits per heavy atom. The Morgan fingerprint density at radius 2 is 2.08 bits per heavy atom. The van der Waals surface area contributed by atoms with E-state index in [1.54, 1.807) is 25.6 Å². The molecule has 2 aromatic heterocycles. The minimum Gasteiger partial charge on any atom is -0.487 e. The number of methoxy groups -OCH3 is 2. The predicted octanol–water partition coefficient (Wildman–Crippen LogP) is 2.31. The molecule has 0 unspecified atom stereocenters. The van der Waals surface area contributed by atoms with Gasteiger partial charge in [-0.3, -0.25) is 0 Å². The molecule has 0 aliphatic carbocycles. The lowest BCUT2D eigenvalue weighted by Gasteiger charge is -1.95. The summed E-state index contributed by atoms with van der Waals surface area (Å²) < 4.78 is 11.2. The van der Waals surface area contributed by atoms with E-state index in [1.807, 2.05) is 18.2 Å². The minimum absolute atomic E-state index is 0.632. The molecule has 0 aliphatic heterocycles. The normalized spacial score (nSPS) is 10.3. The van der Waals surface area contributed by atoms with Gasteiger partial charge in [0.2, 0.25) is 5.88 Å². The second-order valence-electron chi connectivity index (χ2n) is 2.51. The van der Waals surface area contributed by atoms with Gasteiger partial charge in [-0.05, 0) is 6.07 Å². The van der Waals surface area contributed by atoms with Crippen molar-refractivity contribution in [3.8, 4) is 10.9 Å². The standard InChI is InChI=1S/C9H9NO2S/c1-11-8-4-3-7-6(10-8)5-9(12-2)13-7/h3-5H,1-2H3. The Kier molecular flexibility index (Phi) is 2.06. The molecule has 0 radical (unpaired) electrons. The lowest BCUT2D eigenvalue weighted by molar-refractivity contribution is 0.399. The van der Waals surface area contributed by atoms with Crippen molar-refractivity contribution in [3.63, 3.8) is 0 Å². The molecule has 3 nitrogen and oxygen atoms in total. The van der Waals surface area contributed by atoms with Gasteiger partial charge in [0.05, 0.1) is 24.4 Å². The van der Waals surface area contributed by atoms with Crippen LogP contribution in [0.2, 0.25) is 0 Å². The van der Waals surface area contributed by atoms with Crippen molar-refractivity contribution in [1.29, 1.82) is 0 Å². The SMILES string of the molecule is COc1ccc2sc(OC)cc2n1. The van der Waals surface area contributed by atoms with Crippen LogP contribution in [0.5, 0.6) is 10.9 Å².